The van der Waals surface area contributed by atoms with Gasteiger partial charge < -0.3 is 20.1 Å². The summed E-state index contributed by atoms with van der Waals surface area (Å²) in [5, 5.41) is 12.6. The maximum Gasteiger partial charge on any atom is 0.407 e. The molecule has 1 unspecified atom stereocenters. The number of nitrogens with one attached hydrogen (secondary N) is 1. The highest BCUT2D eigenvalue weighted by molar-refractivity contribution is 5.89. The number of alkyl carbamates (subject to hydrolysis) is 1. The quantitative estimate of drug-likeness (QED) is 0.483. The van der Waals surface area contributed by atoms with Crippen LogP contribution in [0.1, 0.15) is 65.1 Å². The van der Waals surface area contributed by atoms with Gasteiger partial charge in [-0.2, -0.15) is 0 Å². The smallest absolute Gasteiger partial charge is 0.407 e. The molecule has 1 heterocycles. The highest BCUT2D eigenvalue weighted by atomic mass is 16.6. The van der Waals surface area contributed by atoms with E-state index in [2.05, 4.69) is 5.32 Å². The SMILES string of the molecule is CCN(C(=O)O)[C@@H]1C[C@H](C)[N+](C)(C(C)=O)c2ccc(-c3ccc(CCNC(=O)OC(C)(C)C)cc3)cc21. The second-order valence-corrected chi connectivity index (χ2v) is 10.9. The van der Waals surface area contributed by atoms with E-state index in [1.54, 1.807) is 6.92 Å². The average molecular weight is 511 g/mol. The monoisotopic (exact) mass is 510 g/mol. The van der Waals surface area contributed by atoms with Crippen LogP contribution in [0.15, 0.2) is 42.5 Å². The molecule has 8 nitrogen and oxygen atoms in total. The van der Waals surface area contributed by atoms with Crippen molar-refractivity contribution in [2.45, 2.75) is 72.1 Å². The van der Waals surface area contributed by atoms with Crippen molar-refractivity contribution in [2.75, 3.05) is 20.1 Å². The lowest BCUT2D eigenvalue weighted by Crippen LogP contribution is -2.60. The predicted octanol–water partition coefficient (Wildman–Crippen LogP) is 5.74. The molecule has 0 aromatic heterocycles. The van der Waals surface area contributed by atoms with Gasteiger partial charge in [-0.05, 0) is 69.9 Å². The van der Waals surface area contributed by atoms with Gasteiger partial charge in [0.15, 0.2) is 0 Å². The fourth-order valence-corrected chi connectivity index (χ4v) is 5.07. The Kier molecular flexibility index (Phi) is 8.32. The summed E-state index contributed by atoms with van der Waals surface area (Å²) in [5.41, 5.74) is 4.24. The van der Waals surface area contributed by atoms with Gasteiger partial charge in [-0.1, -0.05) is 24.3 Å². The van der Waals surface area contributed by atoms with E-state index >= 15 is 0 Å². The average Bonchev–Trinajstić information content (AvgIpc) is 2.81. The first kappa shape index (κ1) is 28.2. The van der Waals surface area contributed by atoms with E-state index in [9.17, 15) is 19.5 Å². The maximum atomic E-state index is 12.8. The van der Waals surface area contributed by atoms with Crippen LogP contribution >= 0.6 is 0 Å². The molecule has 0 saturated carbocycles. The lowest BCUT2D eigenvalue weighted by atomic mass is 9.86. The molecule has 1 aliphatic heterocycles. The second kappa shape index (κ2) is 10.9. The molecule has 8 heteroatoms. The van der Waals surface area contributed by atoms with Gasteiger partial charge in [-0.15, -0.1) is 0 Å². The highest BCUT2D eigenvalue weighted by Gasteiger charge is 2.47. The molecule has 3 atom stereocenters. The van der Waals surface area contributed by atoms with E-state index in [0.29, 0.717) is 25.9 Å². The number of quaternary nitrogens is 1. The van der Waals surface area contributed by atoms with Gasteiger partial charge in [0.1, 0.15) is 11.3 Å². The van der Waals surface area contributed by atoms with Crippen LogP contribution in [0.5, 0.6) is 0 Å². The predicted molar refractivity (Wildman–Crippen MR) is 145 cm³/mol. The van der Waals surface area contributed by atoms with Crippen LogP contribution in [0.3, 0.4) is 0 Å². The summed E-state index contributed by atoms with van der Waals surface area (Å²) >= 11 is 0. The van der Waals surface area contributed by atoms with E-state index in [1.807, 2.05) is 84.1 Å². The Hall–Kier alpha value is -3.39. The number of carboxylic acid groups (broad SMARTS) is 1. The van der Waals surface area contributed by atoms with Gasteiger partial charge in [0.2, 0.25) is 0 Å². The van der Waals surface area contributed by atoms with Crippen molar-refractivity contribution < 1.29 is 24.2 Å². The molecule has 2 N–H and O–H groups in total. The largest absolute Gasteiger partial charge is 0.465 e. The molecule has 0 spiro atoms. The van der Waals surface area contributed by atoms with E-state index in [1.165, 1.54) is 4.90 Å². The van der Waals surface area contributed by atoms with Crippen molar-refractivity contribution in [1.82, 2.24) is 14.7 Å². The molecule has 37 heavy (non-hydrogen) atoms. The molecule has 0 fully saturated rings. The van der Waals surface area contributed by atoms with Gasteiger partial charge in [0.25, 0.3) is 0 Å². The zero-order valence-electron chi connectivity index (χ0n) is 23.0. The van der Waals surface area contributed by atoms with Crippen LogP contribution in [0.2, 0.25) is 0 Å². The zero-order chi connectivity index (χ0) is 27.5. The minimum absolute atomic E-state index is 0.0302. The van der Waals surface area contributed by atoms with Crippen LogP contribution < -0.4 is 9.80 Å². The summed E-state index contributed by atoms with van der Waals surface area (Å²) < 4.78 is 5.42. The molecule has 1 aliphatic rings. The van der Waals surface area contributed by atoms with E-state index < -0.39 is 17.8 Å². The summed E-state index contributed by atoms with van der Waals surface area (Å²) in [6.45, 7) is 11.8. The van der Waals surface area contributed by atoms with Gasteiger partial charge in [0.05, 0.1) is 26.1 Å². The van der Waals surface area contributed by atoms with Gasteiger partial charge in [-0.3, -0.25) is 0 Å². The normalized spacial score (nSPS) is 21.1. The molecule has 3 rings (SSSR count). The third-order valence-corrected chi connectivity index (χ3v) is 7.32. The van der Waals surface area contributed by atoms with Gasteiger partial charge in [0, 0.05) is 31.1 Å². The fourth-order valence-electron chi connectivity index (χ4n) is 5.07. The molecule has 0 radical (unpaired) electrons. The van der Waals surface area contributed by atoms with Gasteiger partial charge >= 0.3 is 18.1 Å². The Morgan fingerprint density at radius 1 is 1.11 bits per heavy atom. The number of ether oxygens (including phenoxy) is 1. The second-order valence-electron chi connectivity index (χ2n) is 10.9. The van der Waals surface area contributed by atoms with Crippen molar-refractivity contribution in [3.63, 3.8) is 0 Å². The first-order chi connectivity index (χ1) is 17.3. The minimum Gasteiger partial charge on any atom is -0.465 e. The molecule has 2 aromatic rings. The fraction of sp³-hybridized carbons (Fsp3) is 0.483. The Bertz CT molecular complexity index is 1160. The van der Waals surface area contributed by atoms with Crippen LogP contribution in [-0.4, -0.2) is 59.9 Å². The molecular formula is C29H40N3O5+. The standard InChI is InChI=1S/C29H39N3O5/c1-8-31(28(35)36)25-17-19(2)32(7,20(3)33)26-14-13-23(18-24(25)26)22-11-9-21(10-12-22)15-16-30-27(34)37-29(4,5)6/h9-14,18-19,25H,8,15-17H2,1-7H3,(H-,30,34,35,36)/p+1/t19-,25+,32?/m0/s1. The summed E-state index contributed by atoms with van der Waals surface area (Å²) in [6, 6.07) is 13.7. The van der Waals surface area contributed by atoms with Crippen LogP contribution in [0.4, 0.5) is 15.3 Å². The van der Waals surface area contributed by atoms with Crippen molar-refractivity contribution in [3.05, 3.63) is 53.6 Å². The number of benzene rings is 2. The Morgan fingerprint density at radius 3 is 2.27 bits per heavy atom. The summed E-state index contributed by atoms with van der Waals surface area (Å²) in [5.74, 6) is 0.0302. The van der Waals surface area contributed by atoms with Gasteiger partial charge in [-0.25, -0.2) is 18.9 Å². The minimum atomic E-state index is -0.959. The third kappa shape index (κ3) is 6.13. The number of carbonyl (C=O) groups is 3. The summed E-state index contributed by atoms with van der Waals surface area (Å²) in [6.07, 6.45) is -0.154. The molecule has 0 bridgehead atoms. The molecule has 200 valence electrons. The van der Waals surface area contributed by atoms with E-state index in [4.69, 9.17) is 4.74 Å². The first-order valence-electron chi connectivity index (χ1n) is 12.9. The topological polar surface area (TPSA) is 95.9 Å². The molecule has 0 saturated heterocycles. The molecule has 2 aromatic carbocycles. The Labute approximate surface area is 219 Å². The first-order valence-corrected chi connectivity index (χ1v) is 12.9. The lowest BCUT2D eigenvalue weighted by molar-refractivity contribution is -0.129. The number of fused-ring (bicyclic) bond motifs is 1. The van der Waals surface area contributed by atoms with Crippen molar-refractivity contribution in [2.24, 2.45) is 0 Å². The van der Waals surface area contributed by atoms with E-state index in [-0.39, 0.29) is 22.5 Å². The lowest BCUT2D eigenvalue weighted by Gasteiger charge is -2.45. The highest BCUT2D eigenvalue weighted by Crippen LogP contribution is 2.45. The number of hydrogen-bond donors (Lipinski definition) is 2. The molecule has 3 amide bonds. The number of nitrogens with zero attached hydrogens (tertiary/aromatic N) is 2. The third-order valence-electron chi connectivity index (χ3n) is 7.32. The Morgan fingerprint density at radius 2 is 1.73 bits per heavy atom. The van der Waals surface area contributed by atoms with E-state index in [0.717, 1.165) is 27.9 Å². The van der Waals surface area contributed by atoms with Crippen LogP contribution in [-0.2, 0) is 16.0 Å². The number of hydrogen-bond acceptors (Lipinski definition) is 4. The number of amides is 3. The Balaban J connectivity index is 1.87. The number of carbonyl (C=O) groups excluding carboxylic acids is 2. The number of rotatable bonds is 6. The zero-order valence-corrected chi connectivity index (χ0v) is 23.0. The molecular weight excluding hydrogens is 470 g/mol. The van der Waals surface area contributed by atoms with Crippen LogP contribution in [0, 0.1) is 0 Å². The maximum absolute atomic E-state index is 12.8. The van der Waals surface area contributed by atoms with Crippen LogP contribution in [0.25, 0.3) is 11.1 Å². The van der Waals surface area contributed by atoms with Crippen molar-refractivity contribution in [3.8, 4) is 11.1 Å². The van der Waals surface area contributed by atoms with Crippen molar-refractivity contribution >= 4 is 23.8 Å². The molecule has 0 aliphatic carbocycles. The summed E-state index contributed by atoms with van der Waals surface area (Å²) in [7, 11) is 1.92. The van der Waals surface area contributed by atoms with Crippen molar-refractivity contribution in [1.29, 1.82) is 0 Å². The summed E-state index contributed by atoms with van der Waals surface area (Å²) in [4.78, 5) is 38.1.